The smallest absolute Gasteiger partial charge is 0.389 e. The second-order valence-electron chi connectivity index (χ2n) is 4.31. The van der Waals surface area contributed by atoms with Crippen molar-refractivity contribution in [3.8, 4) is 0 Å². The Bertz CT molecular complexity index is 569. The van der Waals surface area contributed by atoms with Gasteiger partial charge in [0.1, 0.15) is 0 Å². The Balaban J connectivity index is 2.80. The average Bonchev–Trinajstić information content (AvgIpc) is 2.41. The maximum Gasteiger partial charge on any atom is 0.389 e. The van der Waals surface area contributed by atoms with Crippen LogP contribution in [0.4, 0.5) is 18.9 Å². The van der Waals surface area contributed by atoms with Gasteiger partial charge >= 0.3 is 12.1 Å². The minimum Gasteiger partial charge on any atom is -0.478 e. The highest BCUT2D eigenvalue weighted by Crippen LogP contribution is 2.21. The fourth-order valence-corrected chi connectivity index (χ4v) is 1.56. The molecule has 1 aromatic carbocycles. The number of hydrogen-bond donors (Lipinski definition) is 2. The van der Waals surface area contributed by atoms with E-state index in [9.17, 15) is 32.9 Å². The van der Waals surface area contributed by atoms with Crippen LogP contribution in [-0.2, 0) is 0 Å². The van der Waals surface area contributed by atoms with Gasteiger partial charge in [0.15, 0.2) is 0 Å². The molecule has 0 aliphatic rings. The molecule has 0 bridgehead atoms. The number of benzene rings is 1. The van der Waals surface area contributed by atoms with E-state index in [1.165, 1.54) is 0 Å². The van der Waals surface area contributed by atoms with E-state index in [0.717, 1.165) is 18.2 Å². The fraction of sp³-hybridized carbons (Fsp3) is 0.333. The number of halogens is 3. The molecule has 2 N–H and O–H groups in total. The second-order valence-corrected chi connectivity index (χ2v) is 4.31. The second kappa shape index (κ2) is 6.87. The number of nitrogens with one attached hydrogen (secondary N) is 1. The molecule has 10 heteroatoms. The van der Waals surface area contributed by atoms with Crippen LogP contribution in [0, 0.1) is 10.1 Å². The van der Waals surface area contributed by atoms with Crippen molar-refractivity contribution < 1.29 is 32.8 Å². The lowest BCUT2D eigenvalue weighted by atomic mass is 10.1. The topological polar surface area (TPSA) is 110 Å². The van der Waals surface area contributed by atoms with Crippen LogP contribution in [0.5, 0.6) is 0 Å². The number of nitro groups is 1. The largest absolute Gasteiger partial charge is 0.478 e. The van der Waals surface area contributed by atoms with Crippen LogP contribution < -0.4 is 5.32 Å². The Morgan fingerprint density at radius 1 is 1.23 bits per heavy atom. The molecule has 0 fully saturated rings. The maximum atomic E-state index is 11.9. The summed E-state index contributed by atoms with van der Waals surface area (Å²) < 4.78 is 35.8. The highest BCUT2D eigenvalue weighted by molar-refractivity contribution is 5.98. The van der Waals surface area contributed by atoms with Crippen LogP contribution in [0.25, 0.3) is 0 Å². The molecule has 0 aliphatic carbocycles. The van der Waals surface area contributed by atoms with Gasteiger partial charge in [0.05, 0.1) is 10.5 Å². The Morgan fingerprint density at radius 2 is 1.82 bits per heavy atom. The van der Waals surface area contributed by atoms with Crippen molar-refractivity contribution in [3.05, 3.63) is 39.4 Å². The van der Waals surface area contributed by atoms with Gasteiger partial charge in [-0.25, -0.2) is 4.79 Å². The van der Waals surface area contributed by atoms with Crippen molar-refractivity contribution in [1.29, 1.82) is 0 Å². The van der Waals surface area contributed by atoms with E-state index in [0.29, 0.717) is 0 Å². The van der Waals surface area contributed by atoms with Crippen molar-refractivity contribution in [2.75, 3.05) is 6.54 Å². The molecule has 0 spiro atoms. The summed E-state index contributed by atoms with van der Waals surface area (Å²) in [5.74, 6) is -2.34. The molecule has 0 aliphatic heterocycles. The first-order chi connectivity index (χ1) is 10.1. The third-order valence-electron chi connectivity index (χ3n) is 2.56. The molecule has 0 heterocycles. The minimum absolute atomic E-state index is 0.288. The number of aromatic carboxylic acids is 1. The number of amides is 1. The number of nitrogens with zero attached hydrogens (tertiary/aromatic N) is 1. The molecule has 22 heavy (non-hydrogen) atoms. The van der Waals surface area contributed by atoms with Crippen LogP contribution in [0.15, 0.2) is 18.2 Å². The summed E-state index contributed by atoms with van der Waals surface area (Å²) in [5, 5.41) is 21.6. The van der Waals surface area contributed by atoms with Crippen molar-refractivity contribution >= 4 is 17.6 Å². The summed E-state index contributed by atoms with van der Waals surface area (Å²) >= 11 is 0. The maximum absolute atomic E-state index is 11.9. The third kappa shape index (κ3) is 5.38. The molecule has 0 atom stereocenters. The summed E-state index contributed by atoms with van der Waals surface area (Å²) in [6.07, 6.45) is -5.77. The number of non-ortho nitro benzene ring substituents is 1. The lowest BCUT2D eigenvalue weighted by Gasteiger charge is -2.08. The van der Waals surface area contributed by atoms with Crippen LogP contribution >= 0.6 is 0 Å². The van der Waals surface area contributed by atoms with Crippen molar-refractivity contribution in [2.24, 2.45) is 0 Å². The van der Waals surface area contributed by atoms with Crippen LogP contribution in [0.1, 0.15) is 33.6 Å². The van der Waals surface area contributed by atoms with Crippen LogP contribution in [-0.4, -0.2) is 34.6 Å². The standard InChI is InChI=1S/C12H11F3N2O5/c13-12(14,15)2-1-3-16-10(18)7-4-8(11(19)20)6-9(5-7)17(21)22/h4-6H,1-3H2,(H,16,18)(H,19,20). The van der Waals surface area contributed by atoms with E-state index in [-0.39, 0.29) is 18.5 Å². The summed E-state index contributed by atoms with van der Waals surface area (Å²) in [7, 11) is 0. The Labute approximate surface area is 121 Å². The summed E-state index contributed by atoms with van der Waals surface area (Å²) in [4.78, 5) is 32.4. The molecule has 0 unspecified atom stereocenters. The van der Waals surface area contributed by atoms with Gasteiger partial charge in [-0.1, -0.05) is 0 Å². The van der Waals surface area contributed by atoms with E-state index in [1.54, 1.807) is 0 Å². The molecule has 120 valence electrons. The zero-order valence-corrected chi connectivity index (χ0v) is 11.0. The lowest BCUT2D eigenvalue weighted by molar-refractivity contribution is -0.384. The molecule has 7 nitrogen and oxygen atoms in total. The molecule has 1 aromatic rings. The lowest BCUT2D eigenvalue weighted by Crippen LogP contribution is -2.26. The first kappa shape index (κ1) is 17.4. The van der Waals surface area contributed by atoms with Gasteiger partial charge in [0.2, 0.25) is 0 Å². The summed E-state index contributed by atoms with van der Waals surface area (Å²) in [6, 6.07) is 2.54. The number of carbonyl (C=O) groups is 2. The van der Waals surface area contributed by atoms with Gasteiger partial charge < -0.3 is 10.4 Å². The SMILES string of the molecule is O=C(O)c1cc(C(=O)NCCCC(F)(F)F)cc([N+](=O)[O-])c1. The Hall–Kier alpha value is -2.65. The van der Waals surface area contributed by atoms with Gasteiger partial charge in [-0.3, -0.25) is 14.9 Å². The zero-order chi connectivity index (χ0) is 16.9. The third-order valence-corrected chi connectivity index (χ3v) is 2.56. The highest BCUT2D eigenvalue weighted by atomic mass is 19.4. The van der Waals surface area contributed by atoms with Gasteiger partial charge in [-0.05, 0) is 12.5 Å². The van der Waals surface area contributed by atoms with Gasteiger partial charge in [0.25, 0.3) is 11.6 Å². The monoisotopic (exact) mass is 320 g/mol. The molecular formula is C12H11F3N2O5. The molecule has 0 aromatic heterocycles. The predicted molar refractivity (Wildman–Crippen MR) is 67.7 cm³/mol. The van der Waals surface area contributed by atoms with Crippen LogP contribution in [0.3, 0.4) is 0 Å². The molecule has 0 saturated heterocycles. The van der Waals surface area contributed by atoms with E-state index < -0.39 is 40.6 Å². The molecule has 1 amide bonds. The van der Waals surface area contributed by atoms with Crippen LogP contribution in [0.2, 0.25) is 0 Å². The number of hydrogen-bond acceptors (Lipinski definition) is 4. The predicted octanol–water partition coefficient (Wildman–Crippen LogP) is 2.37. The number of carbonyl (C=O) groups excluding carboxylic acids is 1. The van der Waals surface area contributed by atoms with E-state index >= 15 is 0 Å². The summed E-state index contributed by atoms with van der Waals surface area (Å²) in [6.45, 7) is -0.288. The van der Waals surface area contributed by atoms with Gasteiger partial charge in [-0.2, -0.15) is 13.2 Å². The zero-order valence-electron chi connectivity index (χ0n) is 11.0. The minimum atomic E-state index is -4.34. The van der Waals surface area contributed by atoms with Crippen molar-refractivity contribution in [3.63, 3.8) is 0 Å². The number of alkyl halides is 3. The van der Waals surface area contributed by atoms with E-state index in [1.807, 2.05) is 0 Å². The first-order valence-electron chi connectivity index (χ1n) is 5.98. The average molecular weight is 320 g/mol. The molecule has 1 rings (SSSR count). The Kier molecular flexibility index (Phi) is 5.44. The molecular weight excluding hydrogens is 309 g/mol. The number of rotatable bonds is 6. The number of carboxylic acids is 1. The Morgan fingerprint density at radius 3 is 2.32 bits per heavy atom. The van der Waals surface area contributed by atoms with E-state index in [2.05, 4.69) is 5.32 Å². The van der Waals surface area contributed by atoms with Crippen molar-refractivity contribution in [2.45, 2.75) is 19.0 Å². The number of nitro benzene ring substituents is 1. The van der Waals surface area contributed by atoms with E-state index in [4.69, 9.17) is 5.11 Å². The quantitative estimate of drug-likeness (QED) is 0.475. The number of carboxylic acid groups (broad SMARTS) is 1. The van der Waals surface area contributed by atoms with Gasteiger partial charge in [-0.15, -0.1) is 0 Å². The fourth-order valence-electron chi connectivity index (χ4n) is 1.56. The molecule has 0 saturated carbocycles. The summed E-state index contributed by atoms with van der Waals surface area (Å²) in [5.41, 5.74) is -1.37. The van der Waals surface area contributed by atoms with Crippen molar-refractivity contribution in [1.82, 2.24) is 5.32 Å². The first-order valence-corrected chi connectivity index (χ1v) is 5.98. The van der Waals surface area contributed by atoms with Gasteiger partial charge in [0, 0.05) is 30.7 Å². The molecule has 0 radical (unpaired) electrons. The highest BCUT2D eigenvalue weighted by Gasteiger charge is 2.26. The normalized spacial score (nSPS) is 11.0.